The number of amides is 1. The molecule has 0 aliphatic carbocycles. The number of carbonyl (C=O) groups is 2. The van der Waals surface area contributed by atoms with Gasteiger partial charge in [-0.25, -0.2) is 4.79 Å². The van der Waals surface area contributed by atoms with Crippen LogP contribution < -0.4 is 16.2 Å². The summed E-state index contributed by atoms with van der Waals surface area (Å²) in [6, 6.07) is 8.75. The summed E-state index contributed by atoms with van der Waals surface area (Å²) in [6.07, 6.45) is 0. The minimum absolute atomic E-state index is 0.0201. The standard InChI is InChI=1S/C14H11ClN2O4/c15-10-6-7(16)5-9(14(19)20)12(10)21-11-4-2-1-3-8(11)13(17)18/h1-6H,16H2,(H2,17,18)(H,19,20). The molecule has 0 aliphatic heterocycles. The number of hydrogen-bond donors (Lipinski definition) is 3. The molecule has 0 heterocycles. The Morgan fingerprint density at radius 1 is 1.14 bits per heavy atom. The fourth-order valence-corrected chi connectivity index (χ4v) is 2.01. The van der Waals surface area contributed by atoms with Gasteiger partial charge in [0.25, 0.3) is 5.91 Å². The SMILES string of the molecule is NC(=O)c1ccccc1Oc1c(Cl)cc(N)cc1C(=O)O. The molecule has 5 N–H and O–H groups in total. The first kappa shape index (κ1) is 14.7. The molecule has 1 amide bonds. The zero-order valence-electron chi connectivity index (χ0n) is 10.7. The highest BCUT2D eigenvalue weighted by atomic mass is 35.5. The Kier molecular flexibility index (Phi) is 4.00. The van der Waals surface area contributed by atoms with E-state index in [1.807, 2.05) is 0 Å². The molecule has 6 nitrogen and oxygen atoms in total. The smallest absolute Gasteiger partial charge is 0.339 e. The van der Waals surface area contributed by atoms with E-state index in [4.69, 9.17) is 27.8 Å². The van der Waals surface area contributed by atoms with Gasteiger partial charge in [-0.15, -0.1) is 0 Å². The molecule has 0 saturated heterocycles. The van der Waals surface area contributed by atoms with Crippen LogP contribution >= 0.6 is 11.6 Å². The Balaban J connectivity index is 2.55. The third-order valence-electron chi connectivity index (χ3n) is 2.66. The molecule has 0 bridgehead atoms. The van der Waals surface area contributed by atoms with Gasteiger partial charge in [-0.1, -0.05) is 23.7 Å². The van der Waals surface area contributed by atoms with Gasteiger partial charge in [-0.3, -0.25) is 4.79 Å². The summed E-state index contributed by atoms with van der Waals surface area (Å²) >= 11 is 5.98. The normalized spacial score (nSPS) is 10.1. The van der Waals surface area contributed by atoms with Gasteiger partial charge in [-0.05, 0) is 24.3 Å². The number of primary amides is 1. The highest BCUT2D eigenvalue weighted by Gasteiger charge is 2.19. The fraction of sp³-hybridized carbons (Fsp3) is 0. The van der Waals surface area contributed by atoms with Crippen LogP contribution in [0.3, 0.4) is 0 Å². The van der Waals surface area contributed by atoms with Gasteiger partial charge in [0.1, 0.15) is 11.3 Å². The largest absolute Gasteiger partial charge is 0.478 e. The third kappa shape index (κ3) is 3.06. The Morgan fingerprint density at radius 3 is 2.43 bits per heavy atom. The van der Waals surface area contributed by atoms with Gasteiger partial charge < -0.3 is 21.3 Å². The second-order valence-corrected chi connectivity index (χ2v) is 4.55. The van der Waals surface area contributed by atoms with Crippen LogP contribution in [0.15, 0.2) is 36.4 Å². The van der Waals surface area contributed by atoms with E-state index in [-0.39, 0.29) is 33.3 Å². The van der Waals surface area contributed by atoms with Crippen LogP contribution in [0.4, 0.5) is 5.69 Å². The number of hydrogen-bond acceptors (Lipinski definition) is 4. The lowest BCUT2D eigenvalue weighted by molar-refractivity contribution is 0.0694. The number of anilines is 1. The van der Waals surface area contributed by atoms with Crippen LogP contribution in [0.25, 0.3) is 0 Å². The second kappa shape index (κ2) is 5.72. The van der Waals surface area contributed by atoms with Crippen LogP contribution in [-0.4, -0.2) is 17.0 Å². The molecular weight excluding hydrogens is 296 g/mol. The van der Waals surface area contributed by atoms with E-state index in [1.54, 1.807) is 12.1 Å². The molecule has 21 heavy (non-hydrogen) atoms. The summed E-state index contributed by atoms with van der Waals surface area (Å²) in [5, 5.41) is 9.21. The average molecular weight is 307 g/mol. The van der Waals surface area contributed by atoms with Crippen molar-refractivity contribution in [2.45, 2.75) is 0 Å². The van der Waals surface area contributed by atoms with Crippen molar-refractivity contribution in [1.29, 1.82) is 0 Å². The van der Waals surface area contributed by atoms with Crippen molar-refractivity contribution < 1.29 is 19.4 Å². The number of para-hydroxylation sites is 1. The van der Waals surface area contributed by atoms with Crippen molar-refractivity contribution in [3.63, 3.8) is 0 Å². The van der Waals surface area contributed by atoms with Gasteiger partial charge in [0.05, 0.1) is 10.6 Å². The van der Waals surface area contributed by atoms with Gasteiger partial charge in [0.15, 0.2) is 5.75 Å². The molecule has 108 valence electrons. The number of aromatic carboxylic acids is 1. The maximum absolute atomic E-state index is 11.3. The van der Waals surface area contributed by atoms with Gasteiger partial charge in [0, 0.05) is 5.69 Å². The lowest BCUT2D eigenvalue weighted by atomic mass is 10.1. The second-order valence-electron chi connectivity index (χ2n) is 4.15. The van der Waals surface area contributed by atoms with Gasteiger partial charge in [-0.2, -0.15) is 0 Å². The van der Waals surface area contributed by atoms with Crippen LogP contribution in [-0.2, 0) is 0 Å². The van der Waals surface area contributed by atoms with Crippen LogP contribution in [0.5, 0.6) is 11.5 Å². The molecule has 0 atom stereocenters. The highest BCUT2D eigenvalue weighted by Crippen LogP contribution is 2.36. The maximum atomic E-state index is 11.3. The van der Waals surface area contributed by atoms with Gasteiger partial charge >= 0.3 is 5.97 Å². The Labute approximate surface area is 124 Å². The third-order valence-corrected chi connectivity index (χ3v) is 2.94. The summed E-state index contributed by atoms with van der Waals surface area (Å²) in [6.45, 7) is 0. The van der Waals surface area contributed by atoms with E-state index in [0.29, 0.717) is 0 Å². The van der Waals surface area contributed by atoms with Crippen LogP contribution in [0.2, 0.25) is 5.02 Å². The van der Waals surface area contributed by atoms with E-state index in [0.717, 1.165) is 0 Å². The highest BCUT2D eigenvalue weighted by molar-refractivity contribution is 6.33. The molecule has 7 heteroatoms. The molecule has 0 aromatic heterocycles. The minimum atomic E-state index is -1.25. The lowest BCUT2D eigenvalue weighted by Gasteiger charge is -2.13. The van der Waals surface area contributed by atoms with Crippen LogP contribution in [0.1, 0.15) is 20.7 Å². The van der Waals surface area contributed by atoms with Crippen molar-refractivity contribution in [1.82, 2.24) is 0 Å². The summed E-state index contributed by atoms with van der Waals surface area (Å²) < 4.78 is 5.48. The van der Waals surface area contributed by atoms with E-state index in [2.05, 4.69) is 0 Å². The zero-order valence-corrected chi connectivity index (χ0v) is 11.4. The summed E-state index contributed by atoms with van der Waals surface area (Å²) in [5.74, 6) is -1.95. The van der Waals surface area contributed by atoms with Crippen molar-refractivity contribution in [3.05, 3.63) is 52.5 Å². The van der Waals surface area contributed by atoms with Crippen molar-refractivity contribution >= 4 is 29.2 Å². The molecule has 2 rings (SSSR count). The fourth-order valence-electron chi connectivity index (χ4n) is 1.75. The number of benzene rings is 2. The number of carboxylic acid groups (broad SMARTS) is 1. The first-order chi connectivity index (χ1) is 9.90. The average Bonchev–Trinajstić information content (AvgIpc) is 2.41. The quantitative estimate of drug-likeness (QED) is 0.750. The Bertz CT molecular complexity index is 731. The topological polar surface area (TPSA) is 116 Å². The molecule has 0 aliphatic rings. The van der Waals surface area contributed by atoms with E-state index < -0.39 is 11.9 Å². The first-order valence-electron chi connectivity index (χ1n) is 5.79. The van der Waals surface area contributed by atoms with Crippen molar-refractivity contribution in [2.75, 3.05) is 5.73 Å². The predicted molar refractivity (Wildman–Crippen MR) is 77.9 cm³/mol. The predicted octanol–water partition coefficient (Wildman–Crippen LogP) is 2.51. The summed E-state index contributed by atoms with van der Waals surface area (Å²) in [7, 11) is 0. The van der Waals surface area contributed by atoms with E-state index in [1.165, 1.54) is 24.3 Å². The Hall–Kier alpha value is -2.73. The maximum Gasteiger partial charge on any atom is 0.339 e. The summed E-state index contributed by atoms with van der Waals surface area (Å²) in [4.78, 5) is 22.6. The molecule has 0 saturated carbocycles. The first-order valence-corrected chi connectivity index (χ1v) is 6.17. The number of nitrogen functional groups attached to an aromatic ring is 1. The molecule has 0 unspecified atom stereocenters. The number of rotatable bonds is 4. The monoisotopic (exact) mass is 306 g/mol. The number of halogens is 1. The molecular formula is C14H11ClN2O4. The number of ether oxygens (including phenoxy) is 1. The molecule has 0 fully saturated rings. The number of nitrogens with two attached hydrogens (primary N) is 2. The Morgan fingerprint density at radius 2 is 1.81 bits per heavy atom. The molecule has 2 aromatic carbocycles. The summed E-state index contributed by atoms with van der Waals surface area (Å²) in [5.41, 5.74) is 10.9. The zero-order chi connectivity index (χ0) is 15.6. The van der Waals surface area contributed by atoms with E-state index in [9.17, 15) is 14.7 Å². The minimum Gasteiger partial charge on any atom is -0.478 e. The number of carboxylic acids is 1. The van der Waals surface area contributed by atoms with Crippen molar-refractivity contribution in [2.24, 2.45) is 5.73 Å². The van der Waals surface area contributed by atoms with Crippen LogP contribution in [0, 0.1) is 0 Å². The van der Waals surface area contributed by atoms with Crippen molar-refractivity contribution in [3.8, 4) is 11.5 Å². The van der Waals surface area contributed by atoms with Gasteiger partial charge in [0.2, 0.25) is 0 Å². The molecule has 0 spiro atoms. The number of carbonyl (C=O) groups excluding carboxylic acids is 1. The van der Waals surface area contributed by atoms with E-state index >= 15 is 0 Å². The molecule has 0 radical (unpaired) electrons. The molecule has 2 aromatic rings. The lowest BCUT2D eigenvalue weighted by Crippen LogP contribution is -2.12.